The van der Waals surface area contributed by atoms with Crippen LogP contribution in [0.5, 0.6) is 0 Å². The van der Waals surface area contributed by atoms with Crippen LogP contribution in [0.3, 0.4) is 0 Å². The summed E-state index contributed by atoms with van der Waals surface area (Å²) in [6.07, 6.45) is 0.391. The Balaban J connectivity index is 2.80. The monoisotopic (exact) mass is 192 g/mol. The molecule has 3 nitrogen and oxygen atoms in total. The van der Waals surface area contributed by atoms with Gasteiger partial charge in [0.2, 0.25) is 0 Å². The fraction of sp³-hybridized carbons (Fsp3) is 0.364. The lowest BCUT2D eigenvalue weighted by molar-refractivity contribution is -0.100. The maximum absolute atomic E-state index is 5.25. The first-order valence-corrected chi connectivity index (χ1v) is 4.36. The standard InChI is InChI=1S/C11H14NO2/c1-12-10-7-5-4-6-9(10)8-11(13-2)14-3/h1,4-7,11H,8H2,2-3H3/q+1. The van der Waals surface area contributed by atoms with Gasteiger partial charge in [0, 0.05) is 32.3 Å². The van der Waals surface area contributed by atoms with Gasteiger partial charge in [0.1, 0.15) is 0 Å². The fourth-order valence-corrected chi connectivity index (χ4v) is 1.25. The van der Waals surface area contributed by atoms with Gasteiger partial charge < -0.3 is 9.47 Å². The number of para-hydroxylation sites is 1. The Bertz CT molecular complexity index is 326. The van der Waals surface area contributed by atoms with Gasteiger partial charge in [-0.3, -0.25) is 0 Å². The largest absolute Gasteiger partial charge is 0.356 e. The average molecular weight is 192 g/mol. The second kappa shape index (κ2) is 5.38. The highest BCUT2D eigenvalue weighted by molar-refractivity contribution is 5.52. The Kier molecular flexibility index (Phi) is 4.11. The number of hydrogen-bond acceptors (Lipinski definition) is 2. The van der Waals surface area contributed by atoms with Crippen LogP contribution < -0.4 is 0 Å². The van der Waals surface area contributed by atoms with Gasteiger partial charge in [-0.05, 0) is 4.85 Å². The number of ether oxygens (including phenoxy) is 2. The Labute approximate surface area is 84.1 Å². The van der Waals surface area contributed by atoms with E-state index >= 15 is 0 Å². The van der Waals surface area contributed by atoms with E-state index in [1.165, 1.54) is 0 Å². The first kappa shape index (κ1) is 10.7. The molecule has 0 amide bonds. The molecule has 0 atom stereocenters. The van der Waals surface area contributed by atoms with Gasteiger partial charge in [0.15, 0.2) is 6.29 Å². The highest BCUT2D eigenvalue weighted by Crippen LogP contribution is 2.20. The molecule has 14 heavy (non-hydrogen) atoms. The summed E-state index contributed by atoms with van der Waals surface area (Å²) in [5, 5.41) is 0. The van der Waals surface area contributed by atoms with Crippen molar-refractivity contribution >= 4 is 5.69 Å². The molecule has 1 rings (SSSR count). The summed E-state index contributed by atoms with van der Waals surface area (Å²) in [4.78, 5) is 3.68. The molecule has 0 heterocycles. The molecule has 3 heteroatoms. The van der Waals surface area contributed by atoms with Gasteiger partial charge in [-0.2, -0.15) is 0 Å². The minimum Gasteiger partial charge on any atom is -0.356 e. The third kappa shape index (κ3) is 2.56. The highest BCUT2D eigenvalue weighted by Gasteiger charge is 2.14. The summed E-state index contributed by atoms with van der Waals surface area (Å²) in [5.41, 5.74) is 1.79. The smallest absolute Gasteiger partial charge is 0.343 e. The topological polar surface area (TPSA) is 22.8 Å². The quantitative estimate of drug-likeness (QED) is 0.684. The van der Waals surface area contributed by atoms with E-state index in [1.807, 2.05) is 24.3 Å². The lowest BCUT2D eigenvalue weighted by atomic mass is 10.1. The second-order valence-electron chi connectivity index (χ2n) is 2.86. The van der Waals surface area contributed by atoms with Gasteiger partial charge in [-0.1, -0.05) is 18.2 Å². The minimum absolute atomic E-state index is 0.252. The molecule has 0 N–H and O–H groups in total. The Morgan fingerprint density at radius 3 is 2.50 bits per heavy atom. The van der Waals surface area contributed by atoms with E-state index in [0.717, 1.165) is 11.3 Å². The van der Waals surface area contributed by atoms with E-state index in [-0.39, 0.29) is 6.29 Å². The van der Waals surface area contributed by atoms with Crippen LogP contribution in [0, 0.1) is 6.57 Å². The Morgan fingerprint density at radius 2 is 1.93 bits per heavy atom. The summed E-state index contributed by atoms with van der Waals surface area (Å²) in [6.45, 7) is 5.25. The number of hydrogen-bond donors (Lipinski definition) is 0. The van der Waals surface area contributed by atoms with E-state index in [0.29, 0.717) is 6.42 Å². The summed E-state index contributed by atoms with van der Waals surface area (Å²) >= 11 is 0. The van der Waals surface area contributed by atoms with Crippen molar-refractivity contribution in [3.05, 3.63) is 34.7 Å². The van der Waals surface area contributed by atoms with Gasteiger partial charge in [-0.15, -0.1) is 0 Å². The molecule has 0 aliphatic carbocycles. The zero-order chi connectivity index (χ0) is 10.4. The molecule has 0 fully saturated rings. The molecule has 0 bridgehead atoms. The van der Waals surface area contributed by atoms with E-state index in [4.69, 9.17) is 16.0 Å². The van der Waals surface area contributed by atoms with E-state index < -0.39 is 0 Å². The zero-order valence-corrected chi connectivity index (χ0v) is 8.43. The van der Waals surface area contributed by atoms with Gasteiger partial charge in [-0.25, -0.2) is 0 Å². The Hall–Kier alpha value is -1.37. The maximum atomic E-state index is 5.25. The maximum Gasteiger partial charge on any atom is 0.343 e. The number of nitrogens with zero attached hydrogens (tertiary/aromatic N) is 1. The van der Waals surface area contributed by atoms with Crippen molar-refractivity contribution in [3.8, 4) is 6.57 Å². The molecule has 0 unspecified atom stereocenters. The molecule has 0 aliphatic rings. The lowest BCUT2D eigenvalue weighted by Gasteiger charge is -2.11. The van der Waals surface area contributed by atoms with Crippen LogP contribution in [0.4, 0.5) is 5.69 Å². The third-order valence-electron chi connectivity index (χ3n) is 2.04. The molecule has 74 valence electrons. The molecule has 0 radical (unpaired) electrons. The predicted molar refractivity (Wildman–Crippen MR) is 55.9 cm³/mol. The van der Waals surface area contributed by atoms with Crippen molar-refractivity contribution in [2.75, 3.05) is 14.2 Å². The predicted octanol–water partition coefficient (Wildman–Crippen LogP) is 2.44. The zero-order valence-electron chi connectivity index (χ0n) is 8.43. The highest BCUT2D eigenvalue weighted by atomic mass is 16.7. The molecule has 1 aromatic rings. The van der Waals surface area contributed by atoms with Crippen molar-refractivity contribution in [1.82, 2.24) is 0 Å². The summed E-state index contributed by atoms with van der Waals surface area (Å²) in [7, 11) is 3.22. The first-order valence-electron chi connectivity index (χ1n) is 4.36. The van der Waals surface area contributed by atoms with Crippen LogP contribution >= 0.6 is 0 Å². The molecule has 0 saturated heterocycles. The van der Waals surface area contributed by atoms with Crippen molar-refractivity contribution in [3.63, 3.8) is 0 Å². The van der Waals surface area contributed by atoms with E-state index in [1.54, 1.807) is 14.2 Å². The Morgan fingerprint density at radius 1 is 1.29 bits per heavy atom. The van der Waals surface area contributed by atoms with Crippen molar-refractivity contribution < 1.29 is 9.47 Å². The summed E-state index contributed by atoms with van der Waals surface area (Å²) in [5.74, 6) is 0. The minimum atomic E-state index is -0.252. The number of rotatable bonds is 4. The van der Waals surface area contributed by atoms with Crippen LogP contribution in [0.15, 0.2) is 24.3 Å². The van der Waals surface area contributed by atoms with E-state index in [9.17, 15) is 0 Å². The van der Waals surface area contributed by atoms with Crippen LogP contribution in [0.25, 0.3) is 4.85 Å². The summed E-state index contributed by atoms with van der Waals surface area (Å²) < 4.78 is 10.2. The first-order chi connectivity index (χ1) is 6.81. The molecule has 0 spiro atoms. The summed E-state index contributed by atoms with van der Waals surface area (Å²) in [6, 6.07) is 7.64. The SMILES string of the molecule is C#[N+]c1ccccc1CC(OC)OC. The molecule has 0 aromatic heterocycles. The molecular weight excluding hydrogens is 178 g/mol. The third-order valence-corrected chi connectivity index (χ3v) is 2.04. The van der Waals surface area contributed by atoms with E-state index in [2.05, 4.69) is 4.85 Å². The van der Waals surface area contributed by atoms with Crippen molar-refractivity contribution in [2.45, 2.75) is 12.7 Å². The van der Waals surface area contributed by atoms with Crippen LogP contribution in [0.1, 0.15) is 5.56 Å². The van der Waals surface area contributed by atoms with Crippen LogP contribution in [0.2, 0.25) is 0 Å². The van der Waals surface area contributed by atoms with Crippen molar-refractivity contribution in [2.24, 2.45) is 0 Å². The average Bonchev–Trinajstić information content (AvgIpc) is 2.26. The fourth-order valence-electron chi connectivity index (χ4n) is 1.25. The lowest BCUT2D eigenvalue weighted by Crippen LogP contribution is -2.15. The second-order valence-corrected chi connectivity index (χ2v) is 2.86. The number of methoxy groups -OCH3 is 2. The van der Waals surface area contributed by atoms with Gasteiger partial charge in [0.05, 0.1) is 0 Å². The molecule has 0 aliphatic heterocycles. The molecule has 0 saturated carbocycles. The molecular formula is C11H14NO2+. The van der Waals surface area contributed by atoms with Crippen molar-refractivity contribution in [1.29, 1.82) is 0 Å². The van der Waals surface area contributed by atoms with Crippen LogP contribution in [-0.2, 0) is 15.9 Å². The normalized spacial score (nSPS) is 10.1. The molecule has 1 aromatic carbocycles. The van der Waals surface area contributed by atoms with Gasteiger partial charge in [0.25, 0.3) is 6.57 Å². The van der Waals surface area contributed by atoms with Crippen LogP contribution in [-0.4, -0.2) is 20.5 Å². The number of benzene rings is 1. The van der Waals surface area contributed by atoms with Gasteiger partial charge >= 0.3 is 5.69 Å².